The molecule has 0 aromatic heterocycles. The predicted octanol–water partition coefficient (Wildman–Crippen LogP) is 7.04. The Bertz CT molecular complexity index is 1120. The molecule has 4 heteroatoms. The van der Waals surface area contributed by atoms with E-state index in [4.69, 9.17) is 9.68 Å². The Hall–Kier alpha value is -3.76. The van der Waals surface area contributed by atoms with Crippen molar-refractivity contribution in [3.63, 3.8) is 0 Å². The van der Waals surface area contributed by atoms with Crippen molar-refractivity contribution in [3.05, 3.63) is 132 Å². The van der Waals surface area contributed by atoms with E-state index in [9.17, 15) is 0 Å². The summed E-state index contributed by atoms with van der Waals surface area (Å²) in [6.07, 6.45) is 11.7. The topological polar surface area (TPSA) is 41.5 Å². The molecule has 0 bridgehead atoms. The second kappa shape index (κ2) is 12.9. The van der Waals surface area contributed by atoms with Gasteiger partial charge in [-0.1, -0.05) is 85.0 Å². The first-order chi connectivity index (χ1) is 16.2. The largest absolute Gasteiger partial charge is 0.569 e. The summed E-state index contributed by atoms with van der Waals surface area (Å²) in [5, 5.41) is 12.2. The van der Waals surface area contributed by atoms with Crippen LogP contribution in [0.5, 0.6) is 5.75 Å². The zero-order valence-electron chi connectivity index (χ0n) is 19.1. The van der Waals surface area contributed by atoms with Crippen molar-refractivity contribution in [2.24, 2.45) is 0 Å². The Balaban J connectivity index is 1.75. The summed E-state index contributed by atoms with van der Waals surface area (Å²) >= 11 is 0. The third kappa shape index (κ3) is 7.71. The van der Waals surface area contributed by atoms with Crippen molar-refractivity contribution in [2.75, 3.05) is 5.32 Å². The zero-order chi connectivity index (χ0) is 23.3. The SMILES string of the molecule is CC=C(C=CCC=C(C=C(C)Nc1ccc(O[B]O)cc1)c1ccccc1)c1ccccc1. The maximum absolute atomic E-state index is 8.75. The molecule has 0 aliphatic rings. The quantitative estimate of drug-likeness (QED) is 0.266. The van der Waals surface area contributed by atoms with Crippen molar-refractivity contribution < 1.29 is 9.68 Å². The number of hydrogen-bond donors (Lipinski definition) is 2. The zero-order valence-corrected chi connectivity index (χ0v) is 19.1. The molecule has 3 nitrogen and oxygen atoms in total. The first-order valence-electron chi connectivity index (χ1n) is 11.0. The van der Waals surface area contributed by atoms with Crippen LogP contribution in [-0.2, 0) is 0 Å². The molecule has 33 heavy (non-hydrogen) atoms. The second-order valence-corrected chi connectivity index (χ2v) is 7.47. The van der Waals surface area contributed by atoms with Crippen LogP contribution in [0.4, 0.5) is 5.69 Å². The number of rotatable bonds is 10. The van der Waals surface area contributed by atoms with E-state index in [0.717, 1.165) is 23.4 Å². The summed E-state index contributed by atoms with van der Waals surface area (Å²) in [6, 6.07) is 28.2. The van der Waals surface area contributed by atoms with Gasteiger partial charge in [0.25, 0.3) is 0 Å². The molecule has 3 aromatic rings. The number of nitrogens with one attached hydrogen (secondary N) is 1. The average molecular weight is 434 g/mol. The minimum atomic E-state index is 0.581. The smallest absolute Gasteiger partial charge is 0.537 e. The number of allylic oxidation sites excluding steroid dienone is 8. The Morgan fingerprint density at radius 3 is 2.06 bits per heavy atom. The van der Waals surface area contributed by atoms with Crippen molar-refractivity contribution in [3.8, 4) is 5.75 Å². The van der Waals surface area contributed by atoms with Crippen LogP contribution in [0.15, 0.2) is 121 Å². The lowest BCUT2D eigenvalue weighted by Crippen LogP contribution is -2.00. The summed E-state index contributed by atoms with van der Waals surface area (Å²) in [5.74, 6) is 0.581. The average Bonchev–Trinajstić information content (AvgIpc) is 2.86. The molecule has 0 saturated heterocycles. The fourth-order valence-electron chi connectivity index (χ4n) is 3.45. The molecule has 0 atom stereocenters. The molecule has 0 aliphatic heterocycles. The van der Waals surface area contributed by atoms with Crippen LogP contribution in [0.2, 0.25) is 0 Å². The van der Waals surface area contributed by atoms with E-state index in [1.807, 2.05) is 31.2 Å². The Labute approximate surface area is 197 Å². The van der Waals surface area contributed by atoms with Crippen molar-refractivity contribution >= 4 is 24.5 Å². The molecule has 3 rings (SSSR count). The normalized spacial score (nSPS) is 12.6. The standard InChI is InChI=1S/C29H29BNO2/c1-3-24(25-13-6-4-7-14-25)12-10-11-17-27(26-15-8-5-9-16-26)22-23(2)31-28-18-20-29(21-19-28)33-30-32/h3-10,12-22,31-32H,11H2,1-2H3. The highest BCUT2D eigenvalue weighted by Gasteiger charge is 2.01. The van der Waals surface area contributed by atoms with Gasteiger partial charge in [-0.25, -0.2) is 0 Å². The van der Waals surface area contributed by atoms with E-state index in [1.54, 1.807) is 12.1 Å². The van der Waals surface area contributed by atoms with Gasteiger partial charge in [-0.05, 0) is 72.9 Å². The molecule has 1 radical (unpaired) electrons. The maximum Gasteiger partial charge on any atom is 0.569 e. The van der Waals surface area contributed by atoms with E-state index in [2.05, 4.69) is 91.2 Å². The predicted molar refractivity (Wildman–Crippen MR) is 141 cm³/mol. The maximum atomic E-state index is 8.75. The van der Waals surface area contributed by atoms with Gasteiger partial charge in [0, 0.05) is 11.4 Å². The molecule has 0 unspecified atom stereocenters. The van der Waals surface area contributed by atoms with Gasteiger partial charge >= 0.3 is 7.69 Å². The number of anilines is 1. The van der Waals surface area contributed by atoms with Gasteiger partial charge in [-0.2, -0.15) is 0 Å². The fourth-order valence-corrected chi connectivity index (χ4v) is 3.45. The van der Waals surface area contributed by atoms with E-state index in [-0.39, 0.29) is 0 Å². The van der Waals surface area contributed by atoms with Gasteiger partial charge in [-0.15, -0.1) is 0 Å². The van der Waals surface area contributed by atoms with Crippen LogP contribution in [0, 0.1) is 0 Å². The molecule has 2 N–H and O–H groups in total. The monoisotopic (exact) mass is 434 g/mol. The van der Waals surface area contributed by atoms with Gasteiger partial charge in [0.05, 0.1) is 0 Å². The van der Waals surface area contributed by atoms with Crippen LogP contribution in [0.3, 0.4) is 0 Å². The van der Waals surface area contributed by atoms with Crippen molar-refractivity contribution in [1.29, 1.82) is 0 Å². The van der Waals surface area contributed by atoms with Crippen molar-refractivity contribution in [2.45, 2.75) is 20.3 Å². The second-order valence-electron chi connectivity index (χ2n) is 7.47. The lowest BCUT2D eigenvalue weighted by molar-refractivity contribution is 0.454. The van der Waals surface area contributed by atoms with Crippen molar-refractivity contribution in [1.82, 2.24) is 0 Å². The lowest BCUT2D eigenvalue weighted by atomic mass is 10.0. The molecular formula is C29H29BNO2. The van der Waals surface area contributed by atoms with Crippen LogP contribution < -0.4 is 9.97 Å². The molecular weight excluding hydrogens is 405 g/mol. The molecule has 0 saturated carbocycles. The van der Waals surface area contributed by atoms with Crippen LogP contribution in [0.25, 0.3) is 11.1 Å². The third-order valence-electron chi connectivity index (χ3n) is 5.05. The highest BCUT2D eigenvalue weighted by molar-refractivity contribution is 6.17. The summed E-state index contributed by atoms with van der Waals surface area (Å²) in [4.78, 5) is 0. The minimum Gasteiger partial charge on any atom is -0.537 e. The molecule has 0 fully saturated rings. The van der Waals surface area contributed by atoms with E-state index < -0.39 is 0 Å². The number of hydrogen-bond acceptors (Lipinski definition) is 3. The minimum absolute atomic E-state index is 0.581. The molecule has 165 valence electrons. The molecule has 0 spiro atoms. The van der Waals surface area contributed by atoms with Gasteiger partial charge in [0.1, 0.15) is 5.75 Å². The van der Waals surface area contributed by atoms with Gasteiger partial charge in [0.2, 0.25) is 0 Å². The fraction of sp³-hybridized carbons (Fsp3) is 0.103. The third-order valence-corrected chi connectivity index (χ3v) is 5.05. The first kappa shape index (κ1) is 23.9. The first-order valence-corrected chi connectivity index (χ1v) is 11.0. The molecule has 3 aromatic carbocycles. The highest BCUT2D eigenvalue weighted by atomic mass is 16.5. The van der Waals surface area contributed by atoms with Crippen LogP contribution in [-0.4, -0.2) is 12.7 Å². The Kier molecular flexibility index (Phi) is 9.37. The van der Waals surface area contributed by atoms with E-state index in [0.29, 0.717) is 13.4 Å². The number of benzene rings is 3. The van der Waals surface area contributed by atoms with Crippen LogP contribution >= 0.6 is 0 Å². The van der Waals surface area contributed by atoms with E-state index >= 15 is 0 Å². The Morgan fingerprint density at radius 1 is 0.879 bits per heavy atom. The van der Waals surface area contributed by atoms with Gasteiger partial charge in [-0.3, -0.25) is 0 Å². The van der Waals surface area contributed by atoms with Gasteiger partial charge < -0.3 is 15.0 Å². The summed E-state index contributed by atoms with van der Waals surface area (Å²) in [5.41, 5.74) is 6.73. The Morgan fingerprint density at radius 2 is 1.48 bits per heavy atom. The molecule has 0 amide bonds. The highest BCUT2D eigenvalue weighted by Crippen LogP contribution is 2.22. The molecule has 0 heterocycles. The van der Waals surface area contributed by atoms with E-state index in [1.165, 1.54) is 16.7 Å². The summed E-state index contributed by atoms with van der Waals surface area (Å²) < 4.78 is 4.96. The summed E-state index contributed by atoms with van der Waals surface area (Å²) in [7, 11) is 0.679. The lowest BCUT2D eigenvalue weighted by Gasteiger charge is -2.10. The molecule has 0 aliphatic carbocycles. The summed E-state index contributed by atoms with van der Waals surface area (Å²) in [6.45, 7) is 4.11. The van der Waals surface area contributed by atoms with Gasteiger partial charge in [0.15, 0.2) is 0 Å². The van der Waals surface area contributed by atoms with Crippen LogP contribution in [0.1, 0.15) is 31.4 Å².